The van der Waals surface area contributed by atoms with Crippen LogP contribution in [0.25, 0.3) is 0 Å². The molecule has 1 atom stereocenters. The first-order valence-corrected chi connectivity index (χ1v) is 8.06. The number of nitrogens with two attached hydrogens (primary N) is 1. The smallest absolute Gasteiger partial charge is 0.194 e. The summed E-state index contributed by atoms with van der Waals surface area (Å²) in [6.07, 6.45) is 0.0588. The number of hydrogen-bond acceptors (Lipinski definition) is 5. The zero-order valence-corrected chi connectivity index (χ0v) is 15.3. The van der Waals surface area contributed by atoms with Gasteiger partial charge in [0.05, 0.1) is 11.6 Å². The lowest BCUT2D eigenvalue weighted by molar-refractivity contribution is 0.103. The van der Waals surface area contributed by atoms with Gasteiger partial charge in [-0.1, -0.05) is 23.2 Å². The van der Waals surface area contributed by atoms with E-state index in [9.17, 15) is 15.0 Å². The Morgan fingerprint density at radius 3 is 2.64 bits per heavy atom. The number of carbonyl (C=O) groups excluding carboxylic acids is 1. The summed E-state index contributed by atoms with van der Waals surface area (Å²) in [5.41, 5.74) is 7.35. The number of halogens is 3. The van der Waals surface area contributed by atoms with E-state index in [2.05, 4.69) is 0 Å². The van der Waals surface area contributed by atoms with E-state index in [1.165, 1.54) is 18.2 Å². The Hall–Kier alpha value is -1.50. The van der Waals surface area contributed by atoms with Gasteiger partial charge in [-0.15, -0.1) is 12.4 Å². The highest BCUT2D eigenvalue weighted by Gasteiger charge is 2.29. The van der Waals surface area contributed by atoms with E-state index in [0.29, 0.717) is 23.3 Å². The molecule has 0 aromatic heterocycles. The van der Waals surface area contributed by atoms with Crippen LogP contribution in [0.3, 0.4) is 0 Å². The predicted molar refractivity (Wildman–Crippen MR) is 98.3 cm³/mol. The third kappa shape index (κ3) is 3.57. The molecule has 1 aliphatic heterocycles. The minimum Gasteiger partial charge on any atom is -0.508 e. The molecule has 2 aromatic carbocycles. The number of phenols is 1. The molecule has 134 valence electrons. The quantitative estimate of drug-likeness (QED) is 0.681. The molecule has 0 saturated carbocycles. The van der Waals surface area contributed by atoms with Crippen LogP contribution in [0.5, 0.6) is 11.5 Å². The lowest BCUT2D eigenvalue weighted by Crippen LogP contribution is -2.17. The average molecular weight is 405 g/mol. The molecule has 8 heteroatoms. The van der Waals surface area contributed by atoms with Gasteiger partial charge in [-0.3, -0.25) is 4.79 Å². The number of aliphatic hydroxyl groups is 1. The monoisotopic (exact) mass is 403 g/mol. The van der Waals surface area contributed by atoms with Gasteiger partial charge in [0, 0.05) is 35.2 Å². The Bertz CT molecular complexity index is 826. The van der Waals surface area contributed by atoms with E-state index < -0.39 is 6.10 Å². The largest absolute Gasteiger partial charge is 0.508 e. The van der Waals surface area contributed by atoms with E-state index in [1.54, 1.807) is 6.07 Å². The summed E-state index contributed by atoms with van der Waals surface area (Å²) in [6.45, 7) is -0.0403. The summed E-state index contributed by atoms with van der Waals surface area (Å²) < 4.78 is 5.53. The molecular weight excluding hydrogens is 389 g/mol. The van der Waals surface area contributed by atoms with Crippen LogP contribution in [0.4, 0.5) is 0 Å². The second kappa shape index (κ2) is 7.81. The van der Waals surface area contributed by atoms with Gasteiger partial charge in [-0.05, 0) is 24.3 Å². The van der Waals surface area contributed by atoms with Gasteiger partial charge in [0.1, 0.15) is 22.6 Å². The first-order valence-electron chi connectivity index (χ1n) is 7.31. The first kappa shape index (κ1) is 19.8. The third-order valence-corrected chi connectivity index (χ3v) is 4.83. The Morgan fingerprint density at radius 1 is 1.28 bits per heavy atom. The Morgan fingerprint density at radius 2 is 2.00 bits per heavy atom. The molecule has 1 aliphatic rings. The van der Waals surface area contributed by atoms with Gasteiger partial charge in [0.2, 0.25) is 0 Å². The van der Waals surface area contributed by atoms with Crippen LogP contribution in [0, 0.1) is 0 Å². The van der Waals surface area contributed by atoms with Crippen LogP contribution in [0.15, 0.2) is 24.3 Å². The number of rotatable bonds is 4. The maximum Gasteiger partial charge on any atom is 0.194 e. The summed E-state index contributed by atoms with van der Waals surface area (Å²) in [7, 11) is 0. The normalized spacial score (nSPS) is 15.3. The van der Waals surface area contributed by atoms with Gasteiger partial charge in [-0.25, -0.2) is 0 Å². The van der Waals surface area contributed by atoms with Crippen molar-refractivity contribution in [3.8, 4) is 11.5 Å². The van der Waals surface area contributed by atoms with Crippen LogP contribution in [-0.2, 0) is 13.0 Å². The fourth-order valence-corrected chi connectivity index (χ4v) is 3.20. The van der Waals surface area contributed by atoms with Crippen LogP contribution in [-0.4, -0.2) is 28.7 Å². The highest BCUT2D eigenvalue weighted by Crippen LogP contribution is 2.43. The lowest BCUT2D eigenvalue weighted by Gasteiger charge is -2.11. The number of aliphatic hydroxyl groups excluding tert-OH is 1. The van der Waals surface area contributed by atoms with Gasteiger partial charge in [-0.2, -0.15) is 0 Å². The maximum atomic E-state index is 12.8. The molecule has 4 N–H and O–H groups in total. The number of ketones is 1. The highest BCUT2D eigenvalue weighted by molar-refractivity contribution is 6.45. The fourth-order valence-electron chi connectivity index (χ4n) is 2.71. The third-order valence-electron chi connectivity index (χ3n) is 3.98. The average Bonchev–Trinajstić information content (AvgIpc) is 3.01. The summed E-state index contributed by atoms with van der Waals surface area (Å²) in [4.78, 5) is 12.8. The van der Waals surface area contributed by atoms with Crippen molar-refractivity contribution in [2.45, 2.75) is 19.1 Å². The SMILES string of the molecule is Cl.NCc1cc(C(=O)c2cc3c(c(Cl)c2Cl)OC(CO)C3)ccc1O. The second-order valence-corrected chi connectivity index (χ2v) is 6.30. The molecule has 1 unspecified atom stereocenters. The van der Waals surface area contributed by atoms with E-state index in [-0.39, 0.29) is 52.7 Å². The topological polar surface area (TPSA) is 92.8 Å². The van der Waals surface area contributed by atoms with Crippen molar-refractivity contribution in [2.24, 2.45) is 5.73 Å². The molecule has 3 rings (SSSR count). The van der Waals surface area contributed by atoms with Crippen LogP contribution >= 0.6 is 35.6 Å². The van der Waals surface area contributed by atoms with E-state index in [0.717, 1.165) is 5.56 Å². The summed E-state index contributed by atoms with van der Waals surface area (Å²) in [5.74, 6) is 0.115. The van der Waals surface area contributed by atoms with Crippen molar-refractivity contribution < 1.29 is 19.7 Å². The first-order chi connectivity index (χ1) is 11.5. The molecule has 25 heavy (non-hydrogen) atoms. The summed E-state index contributed by atoms with van der Waals surface area (Å²) in [6, 6.07) is 6.09. The Kier molecular flexibility index (Phi) is 6.19. The molecular formula is C17H16Cl3NO4. The van der Waals surface area contributed by atoms with Crippen molar-refractivity contribution in [3.05, 3.63) is 56.6 Å². The van der Waals surface area contributed by atoms with Crippen LogP contribution in [0.1, 0.15) is 27.0 Å². The predicted octanol–water partition coefficient (Wildman–Crippen LogP) is 3.11. The molecule has 1 heterocycles. The Balaban J connectivity index is 0.00000225. The number of ether oxygens (including phenoxy) is 1. The number of benzene rings is 2. The van der Waals surface area contributed by atoms with Crippen molar-refractivity contribution in [2.75, 3.05) is 6.61 Å². The summed E-state index contributed by atoms with van der Waals surface area (Å²) >= 11 is 12.5. The second-order valence-electron chi connectivity index (χ2n) is 5.54. The molecule has 0 fully saturated rings. The maximum absolute atomic E-state index is 12.8. The lowest BCUT2D eigenvalue weighted by atomic mass is 9.98. The highest BCUT2D eigenvalue weighted by atomic mass is 35.5. The van der Waals surface area contributed by atoms with Gasteiger partial charge >= 0.3 is 0 Å². The number of fused-ring (bicyclic) bond motifs is 1. The van der Waals surface area contributed by atoms with E-state index in [1.807, 2.05) is 0 Å². The molecule has 0 saturated heterocycles. The standard InChI is InChI=1S/C17H15Cl2NO4.ClH/c18-14-12(5-9-4-11(7-21)24-17(9)15(14)19)16(23)8-1-2-13(22)10(3-8)6-20;/h1-3,5,11,21-22H,4,6-7,20H2;1H. The number of phenolic OH excluding ortho intramolecular Hbond substituents is 1. The van der Waals surface area contributed by atoms with Crippen molar-refractivity contribution >= 4 is 41.4 Å². The van der Waals surface area contributed by atoms with Gasteiger partial charge in [0.25, 0.3) is 0 Å². The molecule has 0 bridgehead atoms. The van der Waals surface area contributed by atoms with E-state index >= 15 is 0 Å². The number of hydrogen-bond donors (Lipinski definition) is 3. The Labute approximate surface area is 160 Å². The number of aromatic hydroxyl groups is 1. The molecule has 2 aromatic rings. The molecule has 0 aliphatic carbocycles. The minimum absolute atomic E-state index is 0. The number of carbonyl (C=O) groups is 1. The van der Waals surface area contributed by atoms with Crippen molar-refractivity contribution in [1.29, 1.82) is 0 Å². The van der Waals surface area contributed by atoms with Gasteiger partial charge in [0.15, 0.2) is 5.78 Å². The van der Waals surface area contributed by atoms with Crippen molar-refractivity contribution in [3.63, 3.8) is 0 Å². The van der Waals surface area contributed by atoms with Crippen LogP contribution in [0.2, 0.25) is 10.0 Å². The zero-order chi connectivity index (χ0) is 17.4. The zero-order valence-electron chi connectivity index (χ0n) is 13.0. The minimum atomic E-state index is -0.392. The fraction of sp³-hybridized carbons (Fsp3) is 0.235. The molecule has 0 amide bonds. The summed E-state index contributed by atoms with van der Waals surface area (Å²) in [5, 5.41) is 19.2. The molecule has 0 spiro atoms. The van der Waals surface area contributed by atoms with E-state index in [4.69, 9.17) is 33.7 Å². The van der Waals surface area contributed by atoms with Gasteiger partial charge < -0.3 is 20.7 Å². The van der Waals surface area contributed by atoms with Crippen molar-refractivity contribution in [1.82, 2.24) is 0 Å². The van der Waals surface area contributed by atoms with Crippen LogP contribution < -0.4 is 10.5 Å². The molecule has 0 radical (unpaired) electrons. The molecule has 5 nitrogen and oxygen atoms in total.